The second-order valence-electron chi connectivity index (χ2n) is 11.1. The number of carbonyl (C=O) groups excluding carboxylic acids is 1. The van der Waals surface area contributed by atoms with Crippen LogP contribution >= 0.6 is 0 Å². The summed E-state index contributed by atoms with van der Waals surface area (Å²) in [7, 11) is -3.56. The summed E-state index contributed by atoms with van der Waals surface area (Å²) in [6.07, 6.45) is 6.41. The first-order chi connectivity index (χ1) is 18.8. The van der Waals surface area contributed by atoms with Gasteiger partial charge in [0.15, 0.2) is 11.5 Å². The number of hydrogen-bond acceptors (Lipinski definition) is 6. The minimum Gasteiger partial charge on any atom is -0.454 e. The Morgan fingerprint density at radius 3 is 2.59 bits per heavy atom. The van der Waals surface area contributed by atoms with E-state index in [-0.39, 0.29) is 25.3 Å². The molecule has 2 heterocycles. The van der Waals surface area contributed by atoms with Gasteiger partial charge < -0.3 is 9.47 Å². The van der Waals surface area contributed by atoms with Gasteiger partial charge >= 0.3 is 0 Å². The molecule has 8 heteroatoms. The quantitative estimate of drug-likeness (QED) is 0.351. The molecule has 0 amide bonds. The Labute approximate surface area is 231 Å². The number of ketones is 1. The molecule has 2 saturated carbocycles. The summed E-state index contributed by atoms with van der Waals surface area (Å²) >= 11 is 0. The average Bonchev–Trinajstić information content (AvgIpc) is 3.45. The summed E-state index contributed by atoms with van der Waals surface area (Å²) in [6, 6.07) is 18.2. The van der Waals surface area contributed by atoms with Crippen LogP contribution in [0.25, 0.3) is 11.3 Å². The molecule has 7 nitrogen and oxygen atoms in total. The number of carbonyl (C=O) groups is 1. The van der Waals surface area contributed by atoms with E-state index in [1.807, 2.05) is 36.4 Å². The summed E-state index contributed by atoms with van der Waals surface area (Å²) in [5.41, 5.74) is 2.69. The molecule has 206 valence electrons. The van der Waals surface area contributed by atoms with Crippen molar-refractivity contribution < 1.29 is 24.1 Å². The summed E-state index contributed by atoms with van der Waals surface area (Å²) < 4.78 is 39.3. The third kappa shape index (κ3) is 5.32. The van der Waals surface area contributed by atoms with Crippen LogP contribution < -0.4 is 14.2 Å². The Morgan fingerprint density at radius 2 is 1.85 bits per heavy atom. The van der Waals surface area contributed by atoms with E-state index in [2.05, 4.69) is 11.6 Å². The van der Waals surface area contributed by atoms with Crippen LogP contribution in [0.5, 0.6) is 11.5 Å². The smallest absolute Gasteiger partial charge is 0.240 e. The molecule has 2 aromatic carbocycles. The van der Waals surface area contributed by atoms with Crippen molar-refractivity contribution in [2.24, 2.45) is 11.8 Å². The lowest BCUT2D eigenvalue weighted by Crippen LogP contribution is -2.26. The van der Waals surface area contributed by atoms with Gasteiger partial charge in [0.2, 0.25) is 16.8 Å². The van der Waals surface area contributed by atoms with Gasteiger partial charge in [0.25, 0.3) is 0 Å². The highest BCUT2D eigenvalue weighted by Crippen LogP contribution is 2.51. The minimum atomic E-state index is -3.56. The molecule has 39 heavy (non-hydrogen) atoms. The van der Waals surface area contributed by atoms with E-state index >= 15 is 0 Å². The third-order valence-electron chi connectivity index (χ3n) is 8.66. The van der Waals surface area contributed by atoms with Crippen LogP contribution in [0, 0.1) is 11.8 Å². The van der Waals surface area contributed by atoms with E-state index in [4.69, 9.17) is 14.5 Å². The molecule has 2 unspecified atom stereocenters. The lowest BCUT2D eigenvalue weighted by Gasteiger charge is -2.15. The standard InChI is InChI=1S/C31H34N2O5S.H2/c1-21-4-2-5-22(21)14-17-32-39(35,36)26-11-8-23(9-12-26)27-7-3-6-25(33-27)19-30(34)31(15-16-31)24-10-13-28-29(18-24)38-20-37-28;/h3,6-13,18,21-22,32H,2,4-5,14-17,19-20H2,1H3;1H. The Balaban J connectivity index is 0.00000323. The molecule has 2 aliphatic carbocycles. The van der Waals surface area contributed by atoms with E-state index in [1.54, 1.807) is 24.3 Å². The zero-order valence-corrected chi connectivity index (χ0v) is 23.0. The molecule has 2 fully saturated rings. The number of hydrogen-bond donors (Lipinski definition) is 1. The van der Waals surface area contributed by atoms with Crippen LogP contribution in [0.1, 0.15) is 58.1 Å². The number of pyridine rings is 1. The van der Waals surface area contributed by atoms with Crippen LogP contribution in [0.4, 0.5) is 0 Å². The van der Waals surface area contributed by atoms with Crippen LogP contribution in [0.2, 0.25) is 0 Å². The Kier molecular flexibility index (Phi) is 6.93. The van der Waals surface area contributed by atoms with E-state index in [0.29, 0.717) is 41.3 Å². The van der Waals surface area contributed by atoms with Crippen molar-refractivity contribution in [2.75, 3.05) is 13.3 Å². The topological polar surface area (TPSA) is 94.6 Å². The summed E-state index contributed by atoms with van der Waals surface area (Å²) in [4.78, 5) is 18.4. The van der Waals surface area contributed by atoms with Gasteiger partial charge in [-0.15, -0.1) is 0 Å². The van der Waals surface area contributed by atoms with E-state index in [0.717, 1.165) is 30.4 Å². The maximum atomic E-state index is 13.4. The van der Waals surface area contributed by atoms with Crippen molar-refractivity contribution in [3.63, 3.8) is 0 Å². The fourth-order valence-electron chi connectivity index (χ4n) is 6.04. The number of aromatic nitrogens is 1. The monoisotopic (exact) mass is 548 g/mol. The summed E-state index contributed by atoms with van der Waals surface area (Å²) in [5, 5.41) is 0. The Bertz CT molecular complexity index is 1490. The van der Waals surface area contributed by atoms with Gasteiger partial charge in [0.1, 0.15) is 5.78 Å². The molecular weight excluding hydrogens is 512 g/mol. The molecule has 1 N–H and O–H groups in total. The molecular formula is C31H36N2O5S. The number of nitrogens with zero attached hydrogens (tertiary/aromatic N) is 1. The lowest BCUT2D eigenvalue weighted by atomic mass is 9.88. The lowest BCUT2D eigenvalue weighted by molar-refractivity contribution is -0.120. The zero-order valence-electron chi connectivity index (χ0n) is 22.2. The highest BCUT2D eigenvalue weighted by atomic mass is 32.2. The SMILES string of the molecule is CC1CCCC1CCNS(=O)(=O)c1ccc(-c2cccc(CC(=O)C3(c4ccc5c(c4)OCO5)CC3)n2)cc1.[HH]. The van der Waals surface area contributed by atoms with Crippen LogP contribution in [0.15, 0.2) is 65.6 Å². The number of Topliss-reactive ketones (excluding diaryl/α,β-unsaturated/α-hetero) is 1. The van der Waals surface area contributed by atoms with Crippen molar-refractivity contribution in [2.45, 2.75) is 62.2 Å². The second kappa shape index (κ2) is 10.4. The van der Waals surface area contributed by atoms with Crippen molar-refractivity contribution in [3.8, 4) is 22.8 Å². The second-order valence-corrected chi connectivity index (χ2v) is 12.9. The van der Waals surface area contributed by atoms with Gasteiger partial charge in [-0.3, -0.25) is 9.78 Å². The minimum absolute atomic E-state index is 0. The van der Waals surface area contributed by atoms with Gasteiger partial charge in [-0.25, -0.2) is 13.1 Å². The van der Waals surface area contributed by atoms with Crippen molar-refractivity contribution >= 4 is 15.8 Å². The number of benzene rings is 2. The molecule has 2 atom stereocenters. The largest absolute Gasteiger partial charge is 0.454 e. The molecule has 1 aromatic heterocycles. The predicted octanol–water partition coefficient (Wildman–Crippen LogP) is 5.67. The molecule has 0 radical (unpaired) electrons. The Morgan fingerprint density at radius 1 is 1.05 bits per heavy atom. The first kappa shape index (κ1) is 26.0. The number of ether oxygens (including phenoxy) is 2. The summed E-state index contributed by atoms with van der Waals surface area (Å²) in [5.74, 6) is 2.82. The molecule has 3 aliphatic rings. The van der Waals surface area contributed by atoms with Crippen molar-refractivity contribution in [1.29, 1.82) is 0 Å². The van der Waals surface area contributed by atoms with Crippen molar-refractivity contribution in [1.82, 2.24) is 9.71 Å². The fourth-order valence-corrected chi connectivity index (χ4v) is 7.09. The first-order valence-electron chi connectivity index (χ1n) is 13.8. The molecule has 3 aromatic rings. The predicted molar refractivity (Wildman–Crippen MR) is 150 cm³/mol. The van der Waals surface area contributed by atoms with Crippen LogP contribution in [-0.2, 0) is 26.7 Å². The number of sulfonamides is 1. The maximum absolute atomic E-state index is 13.4. The highest BCUT2D eigenvalue weighted by Gasteiger charge is 2.51. The maximum Gasteiger partial charge on any atom is 0.240 e. The van der Waals surface area contributed by atoms with Crippen molar-refractivity contribution in [3.05, 3.63) is 71.9 Å². The molecule has 6 rings (SSSR count). The zero-order chi connectivity index (χ0) is 27.0. The van der Waals surface area contributed by atoms with Crippen LogP contribution in [-0.4, -0.2) is 32.5 Å². The van der Waals surface area contributed by atoms with E-state index in [9.17, 15) is 13.2 Å². The third-order valence-corrected chi connectivity index (χ3v) is 10.1. The number of fused-ring (bicyclic) bond motifs is 1. The first-order valence-corrected chi connectivity index (χ1v) is 15.3. The average molecular weight is 549 g/mol. The molecule has 0 saturated heterocycles. The van der Waals surface area contributed by atoms with Gasteiger partial charge in [0, 0.05) is 25.6 Å². The normalized spacial score (nSPS) is 21.2. The van der Waals surface area contributed by atoms with E-state index in [1.165, 1.54) is 19.3 Å². The van der Waals surface area contributed by atoms with Gasteiger partial charge in [-0.1, -0.05) is 50.5 Å². The van der Waals surface area contributed by atoms with Gasteiger partial charge in [-0.2, -0.15) is 0 Å². The molecule has 0 spiro atoms. The number of nitrogens with one attached hydrogen (secondary N) is 1. The molecule has 0 bridgehead atoms. The highest BCUT2D eigenvalue weighted by molar-refractivity contribution is 7.89. The van der Waals surface area contributed by atoms with E-state index < -0.39 is 15.4 Å². The summed E-state index contributed by atoms with van der Waals surface area (Å²) in [6.45, 7) is 2.93. The van der Waals surface area contributed by atoms with Gasteiger partial charge in [-0.05, 0) is 73.1 Å². The van der Waals surface area contributed by atoms with Crippen LogP contribution in [0.3, 0.4) is 0 Å². The van der Waals surface area contributed by atoms with Gasteiger partial charge in [0.05, 0.1) is 16.0 Å². The Hall–Kier alpha value is -3.23. The number of rotatable bonds is 10. The molecule has 1 aliphatic heterocycles. The fraction of sp³-hybridized carbons (Fsp3) is 0.419.